The number of anilines is 1. The lowest BCUT2D eigenvalue weighted by Gasteiger charge is -2.08. The molecule has 2 aromatic heterocycles. The number of aromatic nitrogens is 2. The number of fused-ring (bicyclic) bond motifs is 1. The smallest absolute Gasteiger partial charge is 0.262 e. The van der Waals surface area contributed by atoms with Gasteiger partial charge >= 0.3 is 0 Å². The van der Waals surface area contributed by atoms with Crippen LogP contribution in [0, 0.1) is 0 Å². The van der Waals surface area contributed by atoms with Crippen molar-refractivity contribution in [3.63, 3.8) is 0 Å². The van der Waals surface area contributed by atoms with E-state index in [0.717, 1.165) is 16.2 Å². The summed E-state index contributed by atoms with van der Waals surface area (Å²) in [6, 6.07) is 14.5. The monoisotopic (exact) mass is 383 g/mol. The lowest BCUT2D eigenvalue weighted by atomic mass is 10.1. The summed E-state index contributed by atoms with van der Waals surface area (Å²) >= 11 is 7.48. The van der Waals surface area contributed by atoms with Crippen LogP contribution in [0.1, 0.15) is 0 Å². The summed E-state index contributed by atoms with van der Waals surface area (Å²) in [4.78, 5) is 17.5. The first-order valence-corrected chi connectivity index (χ1v) is 9.14. The molecule has 5 nitrogen and oxygen atoms in total. The van der Waals surface area contributed by atoms with Gasteiger partial charge in [-0.25, -0.2) is 4.98 Å². The highest BCUT2D eigenvalue weighted by molar-refractivity contribution is 7.15. The topological polar surface area (TPSA) is 55.6 Å². The Hall–Kier alpha value is -2.83. The number of nitrogens with one attached hydrogen (secondary N) is 1. The van der Waals surface area contributed by atoms with Crippen LogP contribution in [0.3, 0.4) is 0 Å². The molecule has 0 aliphatic carbocycles. The van der Waals surface area contributed by atoms with Gasteiger partial charge in [0.05, 0.1) is 5.69 Å². The van der Waals surface area contributed by atoms with Crippen LogP contribution in [0.15, 0.2) is 66.3 Å². The second-order valence-corrected chi connectivity index (χ2v) is 6.90. The number of rotatable bonds is 5. The number of nitrogens with zero attached hydrogens (tertiary/aromatic N) is 2. The Bertz CT molecular complexity index is 1030. The molecule has 130 valence electrons. The number of hydrogen-bond donors (Lipinski definition) is 1. The van der Waals surface area contributed by atoms with Gasteiger partial charge in [-0.2, -0.15) is 0 Å². The van der Waals surface area contributed by atoms with E-state index in [0.29, 0.717) is 16.5 Å². The molecular weight excluding hydrogens is 370 g/mol. The van der Waals surface area contributed by atoms with Crippen LogP contribution in [0.25, 0.3) is 16.2 Å². The lowest BCUT2D eigenvalue weighted by Crippen LogP contribution is -2.20. The predicted molar refractivity (Wildman–Crippen MR) is 104 cm³/mol. The zero-order valence-electron chi connectivity index (χ0n) is 13.6. The third-order valence-corrected chi connectivity index (χ3v) is 4.73. The van der Waals surface area contributed by atoms with Crippen LogP contribution in [0.5, 0.6) is 5.75 Å². The van der Waals surface area contributed by atoms with Crippen molar-refractivity contribution in [1.29, 1.82) is 0 Å². The number of carbonyl (C=O) groups is 1. The third kappa shape index (κ3) is 3.71. The van der Waals surface area contributed by atoms with Gasteiger partial charge in [0, 0.05) is 34.0 Å². The molecule has 0 unspecified atom stereocenters. The molecule has 2 heterocycles. The summed E-state index contributed by atoms with van der Waals surface area (Å²) < 4.78 is 7.42. The molecule has 4 rings (SSSR count). The molecule has 0 saturated heterocycles. The molecule has 0 saturated carbocycles. The Kier molecular flexibility index (Phi) is 4.60. The largest absolute Gasteiger partial charge is 0.484 e. The second kappa shape index (κ2) is 7.19. The zero-order chi connectivity index (χ0) is 17.9. The molecule has 0 aliphatic rings. The first-order chi connectivity index (χ1) is 12.7. The molecular formula is C19H14ClN3O2S. The van der Waals surface area contributed by atoms with E-state index in [-0.39, 0.29) is 12.5 Å². The van der Waals surface area contributed by atoms with Gasteiger partial charge in [0.2, 0.25) is 0 Å². The number of hydrogen-bond acceptors (Lipinski definition) is 4. The van der Waals surface area contributed by atoms with E-state index in [4.69, 9.17) is 16.3 Å². The molecule has 4 aromatic rings. The van der Waals surface area contributed by atoms with Crippen LogP contribution < -0.4 is 10.1 Å². The molecule has 0 bridgehead atoms. The van der Waals surface area contributed by atoms with Gasteiger partial charge in [-0.3, -0.25) is 9.20 Å². The van der Waals surface area contributed by atoms with Gasteiger partial charge in [-0.05, 0) is 30.3 Å². The summed E-state index contributed by atoms with van der Waals surface area (Å²) in [6.07, 6.45) is 3.96. The molecule has 26 heavy (non-hydrogen) atoms. The summed E-state index contributed by atoms with van der Waals surface area (Å²) in [5, 5.41) is 5.37. The van der Waals surface area contributed by atoms with Crippen molar-refractivity contribution < 1.29 is 9.53 Å². The standard InChI is InChI=1S/C19H14ClN3O2S/c20-14-2-1-3-16(10-14)25-12-18(24)21-15-6-4-13(5-7-15)17-11-23-8-9-26-19(23)22-17/h1-11H,12H2,(H,21,24). The number of thiazole rings is 1. The van der Waals surface area contributed by atoms with Crippen LogP contribution in [-0.4, -0.2) is 21.9 Å². The fraction of sp³-hybridized carbons (Fsp3) is 0.0526. The Morgan fingerprint density at radius 3 is 2.85 bits per heavy atom. The molecule has 0 fully saturated rings. The second-order valence-electron chi connectivity index (χ2n) is 5.59. The van der Waals surface area contributed by atoms with E-state index in [1.807, 2.05) is 46.4 Å². The van der Waals surface area contributed by atoms with Gasteiger partial charge in [-0.15, -0.1) is 11.3 Å². The highest BCUT2D eigenvalue weighted by Gasteiger charge is 2.07. The fourth-order valence-corrected chi connectivity index (χ4v) is 3.37. The van der Waals surface area contributed by atoms with Gasteiger partial charge in [0.25, 0.3) is 5.91 Å². The van der Waals surface area contributed by atoms with Crippen molar-refractivity contribution in [1.82, 2.24) is 9.38 Å². The molecule has 2 aromatic carbocycles. The van der Waals surface area contributed by atoms with Crippen molar-refractivity contribution >= 4 is 39.5 Å². The maximum atomic E-state index is 12.0. The highest BCUT2D eigenvalue weighted by Crippen LogP contribution is 2.23. The number of ether oxygens (including phenoxy) is 1. The number of halogens is 1. The summed E-state index contributed by atoms with van der Waals surface area (Å²) in [5.41, 5.74) is 2.60. The first-order valence-electron chi connectivity index (χ1n) is 7.88. The third-order valence-electron chi connectivity index (χ3n) is 3.72. The summed E-state index contributed by atoms with van der Waals surface area (Å²) in [6.45, 7) is -0.0839. The van der Waals surface area contributed by atoms with E-state index in [2.05, 4.69) is 10.3 Å². The van der Waals surface area contributed by atoms with Crippen LogP contribution in [0.2, 0.25) is 5.02 Å². The van der Waals surface area contributed by atoms with Crippen molar-refractivity contribution in [2.75, 3.05) is 11.9 Å². The van der Waals surface area contributed by atoms with E-state index in [1.165, 1.54) is 0 Å². The number of amides is 1. The maximum Gasteiger partial charge on any atom is 0.262 e. The normalized spacial score (nSPS) is 10.8. The molecule has 0 spiro atoms. The molecule has 0 atom stereocenters. The first kappa shape index (κ1) is 16.6. The van der Waals surface area contributed by atoms with Gasteiger partial charge < -0.3 is 10.1 Å². The average Bonchev–Trinajstić information content (AvgIpc) is 3.23. The Balaban J connectivity index is 1.37. The van der Waals surface area contributed by atoms with Crippen molar-refractivity contribution in [3.8, 4) is 17.0 Å². The van der Waals surface area contributed by atoms with Crippen molar-refractivity contribution in [2.45, 2.75) is 0 Å². The number of carbonyl (C=O) groups excluding carboxylic acids is 1. The van der Waals surface area contributed by atoms with Crippen molar-refractivity contribution in [3.05, 3.63) is 71.3 Å². The molecule has 0 aliphatic heterocycles. The van der Waals surface area contributed by atoms with E-state index < -0.39 is 0 Å². The Labute approximate surface area is 158 Å². The molecule has 7 heteroatoms. The van der Waals surface area contributed by atoms with E-state index >= 15 is 0 Å². The van der Waals surface area contributed by atoms with E-state index in [9.17, 15) is 4.79 Å². The minimum atomic E-state index is -0.236. The zero-order valence-corrected chi connectivity index (χ0v) is 15.1. The van der Waals surface area contributed by atoms with Crippen LogP contribution >= 0.6 is 22.9 Å². The fourth-order valence-electron chi connectivity index (χ4n) is 2.49. The number of benzene rings is 2. The average molecular weight is 384 g/mol. The van der Waals surface area contributed by atoms with Gasteiger partial charge in [-0.1, -0.05) is 29.8 Å². The highest BCUT2D eigenvalue weighted by atomic mass is 35.5. The van der Waals surface area contributed by atoms with Gasteiger partial charge in [0.1, 0.15) is 5.75 Å². The molecule has 1 N–H and O–H groups in total. The minimum Gasteiger partial charge on any atom is -0.484 e. The van der Waals surface area contributed by atoms with Crippen LogP contribution in [-0.2, 0) is 4.79 Å². The maximum absolute atomic E-state index is 12.0. The molecule has 1 amide bonds. The van der Waals surface area contributed by atoms with E-state index in [1.54, 1.807) is 35.6 Å². The molecule has 0 radical (unpaired) electrons. The Morgan fingerprint density at radius 1 is 1.23 bits per heavy atom. The lowest BCUT2D eigenvalue weighted by molar-refractivity contribution is -0.118. The summed E-state index contributed by atoms with van der Waals surface area (Å²) in [5.74, 6) is 0.322. The quantitative estimate of drug-likeness (QED) is 0.541. The van der Waals surface area contributed by atoms with Crippen LogP contribution in [0.4, 0.5) is 5.69 Å². The van der Waals surface area contributed by atoms with Gasteiger partial charge in [0.15, 0.2) is 11.6 Å². The predicted octanol–water partition coefficient (Wildman–Crippen LogP) is 4.73. The SMILES string of the molecule is O=C(COc1cccc(Cl)c1)Nc1ccc(-c2cn3ccsc3n2)cc1. The summed E-state index contributed by atoms with van der Waals surface area (Å²) in [7, 11) is 0. The Morgan fingerprint density at radius 2 is 2.08 bits per heavy atom. The van der Waals surface area contributed by atoms with Crippen molar-refractivity contribution in [2.24, 2.45) is 0 Å². The number of imidazole rings is 1. The minimum absolute atomic E-state index is 0.0839.